The number of ether oxygens (including phenoxy) is 2. The van der Waals surface area contributed by atoms with Gasteiger partial charge in [-0.25, -0.2) is 0 Å². The Balaban J connectivity index is 1.35. The minimum absolute atomic E-state index is 0.0997. The van der Waals surface area contributed by atoms with Crippen LogP contribution in [0.3, 0.4) is 0 Å². The summed E-state index contributed by atoms with van der Waals surface area (Å²) in [6.07, 6.45) is 6.40. The first-order valence-corrected chi connectivity index (χ1v) is 9.85. The Labute approximate surface area is 158 Å². The maximum atomic E-state index is 12.7. The highest BCUT2D eigenvalue weighted by atomic mass is 16.6. The van der Waals surface area contributed by atoms with E-state index in [-0.39, 0.29) is 12.0 Å². The van der Waals surface area contributed by atoms with Crippen LogP contribution in [0, 0.1) is 12.8 Å². The normalized spacial score (nSPS) is 21.6. The van der Waals surface area contributed by atoms with Crippen LogP contribution in [0.25, 0.3) is 11.3 Å². The molecule has 2 aromatic heterocycles. The molecule has 144 valence electrons. The zero-order chi connectivity index (χ0) is 18.4. The maximum Gasteiger partial charge on any atom is 0.287 e. The van der Waals surface area contributed by atoms with Gasteiger partial charge in [-0.3, -0.25) is 9.48 Å². The minimum atomic E-state index is -0.199. The average Bonchev–Trinajstić information content (AvgIpc) is 3.29. The predicted molar refractivity (Wildman–Crippen MR) is 97.7 cm³/mol. The second-order valence-corrected chi connectivity index (χ2v) is 7.80. The van der Waals surface area contributed by atoms with Gasteiger partial charge >= 0.3 is 0 Å². The highest BCUT2D eigenvalue weighted by Gasteiger charge is 2.31. The molecule has 1 saturated heterocycles. The van der Waals surface area contributed by atoms with Crippen LogP contribution in [0.2, 0.25) is 0 Å². The van der Waals surface area contributed by atoms with E-state index < -0.39 is 0 Å². The molecule has 5 rings (SSSR count). The molecule has 1 atom stereocenters. The van der Waals surface area contributed by atoms with E-state index >= 15 is 0 Å². The van der Waals surface area contributed by atoms with Crippen LogP contribution in [0.1, 0.15) is 40.3 Å². The maximum absolute atomic E-state index is 12.7. The van der Waals surface area contributed by atoms with E-state index in [9.17, 15) is 4.79 Å². The van der Waals surface area contributed by atoms with E-state index in [1.807, 2.05) is 6.92 Å². The molecule has 2 aliphatic carbocycles. The van der Waals surface area contributed by atoms with Crippen molar-refractivity contribution in [3.63, 3.8) is 0 Å². The van der Waals surface area contributed by atoms with Crippen molar-refractivity contribution < 1.29 is 18.7 Å². The molecule has 1 amide bonds. The molecule has 3 aliphatic rings. The highest BCUT2D eigenvalue weighted by molar-refractivity contribution is 5.95. The number of amides is 1. The summed E-state index contributed by atoms with van der Waals surface area (Å²) in [5.74, 6) is 1.85. The summed E-state index contributed by atoms with van der Waals surface area (Å²) in [4.78, 5) is 12.7. The van der Waals surface area contributed by atoms with Crippen LogP contribution < -0.4 is 5.32 Å². The smallest absolute Gasteiger partial charge is 0.287 e. The third-order valence-electron chi connectivity index (χ3n) is 5.64. The molecule has 7 heteroatoms. The van der Waals surface area contributed by atoms with Gasteiger partial charge < -0.3 is 19.2 Å². The van der Waals surface area contributed by atoms with Gasteiger partial charge in [0.05, 0.1) is 31.6 Å². The summed E-state index contributed by atoms with van der Waals surface area (Å²) in [5, 5.41) is 7.73. The fourth-order valence-electron chi connectivity index (χ4n) is 3.98. The summed E-state index contributed by atoms with van der Waals surface area (Å²) in [6.45, 7) is 5.06. The second kappa shape index (κ2) is 6.80. The van der Waals surface area contributed by atoms with Crippen LogP contribution in [-0.4, -0.2) is 48.2 Å². The molecule has 0 bridgehead atoms. The van der Waals surface area contributed by atoms with Crippen molar-refractivity contribution in [1.82, 2.24) is 15.1 Å². The van der Waals surface area contributed by atoms with E-state index in [4.69, 9.17) is 19.0 Å². The van der Waals surface area contributed by atoms with Gasteiger partial charge in [-0.15, -0.1) is 0 Å². The molecule has 27 heavy (non-hydrogen) atoms. The number of hydrogen-bond acceptors (Lipinski definition) is 5. The number of fused-ring (bicyclic) bond motifs is 3. The van der Waals surface area contributed by atoms with Gasteiger partial charge in [-0.05, 0) is 37.7 Å². The lowest BCUT2D eigenvalue weighted by Crippen LogP contribution is -2.39. The van der Waals surface area contributed by atoms with Crippen molar-refractivity contribution in [3.05, 3.63) is 28.8 Å². The van der Waals surface area contributed by atoms with Crippen LogP contribution in [0.4, 0.5) is 0 Å². The number of carbonyl (C=O) groups is 1. The Morgan fingerprint density at radius 2 is 2.22 bits per heavy atom. The first-order valence-electron chi connectivity index (χ1n) is 9.85. The number of aryl methyl sites for hydroxylation is 2. The van der Waals surface area contributed by atoms with Gasteiger partial charge in [-0.1, -0.05) is 0 Å². The van der Waals surface area contributed by atoms with Crippen LogP contribution in [-0.2, 0) is 28.9 Å². The molecule has 0 radical (unpaired) electrons. The molecule has 0 aromatic carbocycles. The molecule has 1 aliphatic heterocycles. The Bertz CT molecular complexity index is 859. The number of aromatic nitrogens is 2. The number of nitrogens with zero attached hydrogens (tertiary/aromatic N) is 2. The van der Waals surface area contributed by atoms with Crippen molar-refractivity contribution in [3.8, 4) is 11.3 Å². The zero-order valence-corrected chi connectivity index (χ0v) is 15.6. The molecule has 2 aromatic rings. The van der Waals surface area contributed by atoms with Gasteiger partial charge in [0.15, 0.2) is 5.76 Å². The number of rotatable bonds is 5. The Morgan fingerprint density at radius 1 is 1.33 bits per heavy atom. The first-order chi connectivity index (χ1) is 13.2. The average molecular weight is 371 g/mol. The lowest BCUT2D eigenvalue weighted by atomic mass is 9.93. The minimum Gasteiger partial charge on any atom is -0.455 e. The lowest BCUT2D eigenvalue weighted by molar-refractivity contribution is -0.0856. The molecule has 3 heterocycles. The summed E-state index contributed by atoms with van der Waals surface area (Å²) < 4.78 is 19.0. The highest BCUT2D eigenvalue weighted by Crippen LogP contribution is 2.39. The van der Waals surface area contributed by atoms with Crippen molar-refractivity contribution in [2.45, 2.75) is 45.3 Å². The standard InChI is InChI=1S/C20H25N3O4/c1-12-17-16(5-4-14-10-23(22-18(14)17)9-13-2-3-13)27-19(12)20(24)21-8-15-11-25-6-7-26-15/h10,13,15H,2-9,11H2,1H3,(H,21,24)/t15-/m1/s1. The van der Waals surface area contributed by atoms with Crippen molar-refractivity contribution in [2.75, 3.05) is 26.4 Å². The quantitative estimate of drug-likeness (QED) is 0.871. The van der Waals surface area contributed by atoms with Crippen LogP contribution >= 0.6 is 0 Å². The number of carbonyl (C=O) groups excluding carboxylic acids is 1. The molecular formula is C20H25N3O4. The summed E-state index contributed by atoms with van der Waals surface area (Å²) in [7, 11) is 0. The molecule has 1 saturated carbocycles. The Kier molecular flexibility index (Phi) is 4.28. The first kappa shape index (κ1) is 17.0. The van der Waals surface area contributed by atoms with Crippen molar-refractivity contribution in [2.24, 2.45) is 5.92 Å². The number of nitrogens with one attached hydrogen (secondary N) is 1. The number of hydrogen-bond donors (Lipinski definition) is 1. The number of furan rings is 1. The Hall–Kier alpha value is -2.12. The summed E-state index contributed by atoms with van der Waals surface area (Å²) in [5.41, 5.74) is 4.13. The van der Waals surface area contributed by atoms with Gasteiger partial charge in [0, 0.05) is 36.8 Å². The molecule has 0 unspecified atom stereocenters. The fourth-order valence-corrected chi connectivity index (χ4v) is 3.98. The predicted octanol–water partition coefficient (Wildman–Crippen LogP) is 2.11. The van der Waals surface area contributed by atoms with Crippen molar-refractivity contribution >= 4 is 5.91 Å². The molecular weight excluding hydrogens is 346 g/mol. The van der Waals surface area contributed by atoms with Gasteiger partial charge in [0.1, 0.15) is 5.76 Å². The zero-order valence-electron chi connectivity index (χ0n) is 15.6. The fraction of sp³-hybridized carbons (Fsp3) is 0.600. The van der Waals surface area contributed by atoms with Gasteiger partial charge in [0.25, 0.3) is 5.91 Å². The van der Waals surface area contributed by atoms with E-state index in [1.54, 1.807) is 0 Å². The molecule has 7 nitrogen and oxygen atoms in total. The van der Waals surface area contributed by atoms with E-state index in [0.717, 1.165) is 47.9 Å². The summed E-state index contributed by atoms with van der Waals surface area (Å²) in [6, 6.07) is 0. The van der Waals surface area contributed by atoms with E-state index in [2.05, 4.69) is 16.2 Å². The third kappa shape index (κ3) is 3.30. The second-order valence-electron chi connectivity index (χ2n) is 7.80. The van der Waals surface area contributed by atoms with E-state index in [1.165, 1.54) is 18.4 Å². The molecule has 1 N–H and O–H groups in total. The largest absolute Gasteiger partial charge is 0.455 e. The van der Waals surface area contributed by atoms with Gasteiger partial charge in [0.2, 0.25) is 0 Å². The van der Waals surface area contributed by atoms with E-state index in [0.29, 0.717) is 32.1 Å². The molecule has 0 spiro atoms. The lowest BCUT2D eigenvalue weighted by Gasteiger charge is -2.22. The summed E-state index contributed by atoms with van der Waals surface area (Å²) >= 11 is 0. The van der Waals surface area contributed by atoms with Crippen LogP contribution in [0.5, 0.6) is 0 Å². The monoisotopic (exact) mass is 371 g/mol. The topological polar surface area (TPSA) is 78.5 Å². The SMILES string of the molecule is Cc1c(C(=O)NC[C@@H]2COCCO2)oc2c1-c1nn(CC3CC3)cc1CC2. The van der Waals surface area contributed by atoms with Crippen molar-refractivity contribution in [1.29, 1.82) is 0 Å². The molecule has 2 fully saturated rings. The van der Waals surface area contributed by atoms with Crippen LogP contribution in [0.15, 0.2) is 10.6 Å². The Morgan fingerprint density at radius 3 is 3.00 bits per heavy atom. The van der Waals surface area contributed by atoms with Gasteiger partial charge in [-0.2, -0.15) is 5.10 Å². The third-order valence-corrected chi connectivity index (χ3v) is 5.64.